The SMILES string of the molecule is COCC(CCO)Nc1ncnc2cc(N)ccc12. The van der Waals surface area contributed by atoms with Gasteiger partial charge in [0.1, 0.15) is 12.1 Å². The zero-order valence-corrected chi connectivity index (χ0v) is 10.8. The highest BCUT2D eigenvalue weighted by Gasteiger charge is 2.11. The highest BCUT2D eigenvalue weighted by molar-refractivity contribution is 5.90. The summed E-state index contributed by atoms with van der Waals surface area (Å²) in [5, 5.41) is 13.2. The Hall–Kier alpha value is -1.92. The molecular weight excluding hydrogens is 244 g/mol. The molecule has 2 aromatic rings. The second-order valence-electron chi connectivity index (χ2n) is 4.31. The van der Waals surface area contributed by atoms with E-state index >= 15 is 0 Å². The summed E-state index contributed by atoms with van der Waals surface area (Å²) >= 11 is 0. The van der Waals surface area contributed by atoms with Gasteiger partial charge in [0.2, 0.25) is 0 Å². The summed E-state index contributed by atoms with van der Waals surface area (Å²) < 4.78 is 5.12. The van der Waals surface area contributed by atoms with Crippen molar-refractivity contribution in [3.8, 4) is 0 Å². The molecule has 1 aromatic carbocycles. The fourth-order valence-corrected chi connectivity index (χ4v) is 1.94. The minimum atomic E-state index is 0.00523. The lowest BCUT2D eigenvalue weighted by Crippen LogP contribution is -2.26. The van der Waals surface area contributed by atoms with Crippen molar-refractivity contribution in [2.45, 2.75) is 12.5 Å². The normalized spacial score (nSPS) is 12.5. The highest BCUT2D eigenvalue weighted by atomic mass is 16.5. The minimum Gasteiger partial charge on any atom is -0.399 e. The van der Waals surface area contributed by atoms with Crippen LogP contribution in [0, 0.1) is 0 Å². The number of nitrogens with two attached hydrogens (primary N) is 1. The van der Waals surface area contributed by atoms with Crippen LogP contribution in [0.4, 0.5) is 11.5 Å². The Kier molecular flexibility index (Phi) is 4.48. The number of fused-ring (bicyclic) bond motifs is 1. The third-order valence-corrected chi connectivity index (χ3v) is 2.85. The predicted molar refractivity (Wildman–Crippen MR) is 74.9 cm³/mol. The van der Waals surface area contributed by atoms with Gasteiger partial charge in [-0.3, -0.25) is 0 Å². The largest absolute Gasteiger partial charge is 0.399 e. The number of hydrogen-bond acceptors (Lipinski definition) is 6. The summed E-state index contributed by atoms with van der Waals surface area (Å²) in [4.78, 5) is 8.43. The van der Waals surface area contributed by atoms with E-state index in [1.807, 2.05) is 12.1 Å². The van der Waals surface area contributed by atoms with Crippen LogP contribution in [0.1, 0.15) is 6.42 Å². The highest BCUT2D eigenvalue weighted by Crippen LogP contribution is 2.22. The molecule has 0 aliphatic carbocycles. The number of nitrogens with one attached hydrogen (secondary N) is 1. The van der Waals surface area contributed by atoms with Crippen molar-refractivity contribution in [1.29, 1.82) is 0 Å². The molecule has 0 radical (unpaired) electrons. The Morgan fingerprint density at radius 3 is 3.00 bits per heavy atom. The minimum absolute atomic E-state index is 0.00523. The second-order valence-corrected chi connectivity index (χ2v) is 4.31. The number of aromatic nitrogens is 2. The van der Waals surface area contributed by atoms with Crippen molar-refractivity contribution >= 4 is 22.4 Å². The van der Waals surface area contributed by atoms with Crippen molar-refractivity contribution in [2.75, 3.05) is 31.4 Å². The molecule has 19 heavy (non-hydrogen) atoms. The number of benzene rings is 1. The number of methoxy groups -OCH3 is 1. The molecule has 1 unspecified atom stereocenters. The Labute approximate surface area is 111 Å². The topological polar surface area (TPSA) is 93.3 Å². The van der Waals surface area contributed by atoms with Crippen molar-refractivity contribution in [1.82, 2.24) is 9.97 Å². The Morgan fingerprint density at radius 2 is 2.26 bits per heavy atom. The molecule has 2 rings (SSSR count). The van der Waals surface area contributed by atoms with E-state index in [1.54, 1.807) is 13.2 Å². The molecule has 0 saturated heterocycles. The molecule has 0 spiro atoms. The summed E-state index contributed by atoms with van der Waals surface area (Å²) in [6.45, 7) is 0.595. The lowest BCUT2D eigenvalue weighted by atomic mass is 10.2. The molecule has 6 heteroatoms. The molecule has 1 atom stereocenters. The maximum Gasteiger partial charge on any atom is 0.137 e. The molecule has 4 N–H and O–H groups in total. The number of aliphatic hydroxyl groups excluding tert-OH is 1. The second kappa shape index (κ2) is 6.31. The zero-order valence-electron chi connectivity index (χ0n) is 10.8. The summed E-state index contributed by atoms with van der Waals surface area (Å²) in [6, 6.07) is 5.51. The van der Waals surface area contributed by atoms with Crippen LogP contribution in [0.15, 0.2) is 24.5 Å². The number of rotatable bonds is 6. The van der Waals surface area contributed by atoms with Crippen molar-refractivity contribution in [3.63, 3.8) is 0 Å². The molecule has 0 aliphatic rings. The fourth-order valence-electron chi connectivity index (χ4n) is 1.94. The van der Waals surface area contributed by atoms with Crippen LogP contribution in [0.25, 0.3) is 10.9 Å². The van der Waals surface area contributed by atoms with Crippen LogP contribution in [-0.4, -0.2) is 41.4 Å². The first-order valence-corrected chi connectivity index (χ1v) is 6.11. The lowest BCUT2D eigenvalue weighted by molar-refractivity contribution is 0.170. The molecule has 0 aliphatic heterocycles. The van der Waals surface area contributed by atoms with E-state index < -0.39 is 0 Å². The number of ether oxygens (including phenoxy) is 1. The van der Waals surface area contributed by atoms with E-state index in [-0.39, 0.29) is 12.6 Å². The number of nitrogens with zero attached hydrogens (tertiary/aromatic N) is 2. The van der Waals surface area contributed by atoms with E-state index in [2.05, 4.69) is 15.3 Å². The van der Waals surface area contributed by atoms with Gasteiger partial charge < -0.3 is 20.9 Å². The third-order valence-electron chi connectivity index (χ3n) is 2.85. The first-order valence-electron chi connectivity index (χ1n) is 6.11. The van der Waals surface area contributed by atoms with E-state index in [1.165, 1.54) is 6.33 Å². The zero-order chi connectivity index (χ0) is 13.7. The monoisotopic (exact) mass is 262 g/mol. The van der Waals surface area contributed by atoms with Gasteiger partial charge in [-0.25, -0.2) is 9.97 Å². The molecule has 0 fully saturated rings. The maximum absolute atomic E-state index is 9.05. The van der Waals surface area contributed by atoms with Gasteiger partial charge in [-0.15, -0.1) is 0 Å². The van der Waals surface area contributed by atoms with Gasteiger partial charge in [0.15, 0.2) is 0 Å². The van der Waals surface area contributed by atoms with Crippen molar-refractivity contribution < 1.29 is 9.84 Å². The van der Waals surface area contributed by atoms with E-state index in [4.69, 9.17) is 15.6 Å². The molecule has 102 valence electrons. The molecule has 1 heterocycles. The Bertz CT molecular complexity index is 541. The number of nitrogen functional groups attached to an aromatic ring is 1. The Morgan fingerprint density at radius 1 is 1.42 bits per heavy atom. The van der Waals surface area contributed by atoms with Crippen LogP contribution in [0.3, 0.4) is 0 Å². The van der Waals surface area contributed by atoms with Crippen LogP contribution in [0.5, 0.6) is 0 Å². The average Bonchev–Trinajstić information content (AvgIpc) is 2.39. The Balaban J connectivity index is 2.28. The van der Waals surface area contributed by atoms with E-state index in [0.29, 0.717) is 18.7 Å². The van der Waals surface area contributed by atoms with Crippen LogP contribution in [0.2, 0.25) is 0 Å². The first kappa shape index (κ1) is 13.5. The average molecular weight is 262 g/mol. The van der Waals surface area contributed by atoms with Gasteiger partial charge in [0, 0.05) is 24.8 Å². The van der Waals surface area contributed by atoms with Crippen LogP contribution >= 0.6 is 0 Å². The van der Waals surface area contributed by atoms with Crippen LogP contribution < -0.4 is 11.1 Å². The van der Waals surface area contributed by atoms with Gasteiger partial charge >= 0.3 is 0 Å². The third kappa shape index (κ3) is 3.30. The summed E-state index contributed by atoms with van der Waals surface area (Å²) in [5.74, 6) is 0.723. The predicted octanol–water partition coefficient (Wildman–Crippen LogP) is 1.02. The van der Waals surface area contributed by atoms with E-state index in [0.717, 1.165) is 16.7 Å². The van der Waals surface area contributed by atoms with Crippen molar-refractivity contribution in [3.05, 3.63) is 24.5 Å². The summed E-state index contributed by atoms with van der Waals surface area (Å²) in [5.41, 5.74) is 7.19. The van der Waals surface area contributed by atoms with Crippen LogP contribution in [-0.2, 0) is 4.74 Å². The molecule has 6 nitrogen and oxygen atoms in total. The lowest BCUT2D eigenvalue weighted by Gasteiger charge is -2.18. The molecule has 0 saturated carbocycles. The quantitative estimate of drug-likeness (QED) is 0.673. The summed E-state index contributed by atoms with van der Waals surface area (Å²) in [6.07, 6.45) is 2.08. The molecule has 0 bridgehead atoms. The van der Waals surface area contributed by atoms with Gasteiger partial charge in [-0.2, -0.15) is 0 Å². The van der Waals surface area contributed by atoms with E-state index in [9.17, 15) is 0 Å². The fraction of sp³-hybridized carbons (Fsp3) is 0.385. The van der Waals surface area contributed by atoms with Gasteiger partial charge in [-0.1, -0.05) is 0 Å². The number of aliphatic hydroxyl groups is 1. The van der Waals surface area contributed by atoms with Gasteiger partial charge in [0.05, 0.1) is 18.2 Å². The van der Waals surface area contributed by atoms with Crippen molar-refractivity contribution in [2.24, 2.45) is 0 Å². The van der Waals surface area contributed by atoms with Gasteiger partial charge in [-0.05, 0) is 24.6 Å². The standard InChI is InChI=1S/C13H18N4O2/c1-19-7-10(4-5-18)17-13-11-3-2-9(14)6-12(11)15-8-16-13/h2-3,6,8,10,18H,4-5,7,14H2,1H3,(H,15,16,17). The summed E-state index contributed by atoms with van der Waals surface area (Å²) in [7, 11) is 1.63. The maximum atomic E-state index is 9.05. The number of hydrogen-bond donors (Lipinski definition) is 3. The number of anilines is 2. The molecule has 1 aromatic heterocycles. The molecule has 0 amide bonds. The van der Waals surface area contributed by atoms with Gasteiger partial charge in [0.25, 0.3) is 0 Å². The smallest absolute Gasteiger partial charge is 0.137 e. The molecular formula is C13H18N4O2. The first-order chi connectivity index (χ1) is 9.24.